The number of aliphatic hydroxyl groups excluding tert-OH is 1. The van der Waals surface area contributed by atoms with Gasteiger partial charge in [0.05, 0.1) is 17.6 Å². The Kier molecular flexibility index (Phi) is 5.31. The molecule has 110 valence electrons. The van der Waals surface area contributed by atoms with Crippen LogP contribution in [0.3, 0.4) is 0 Å². The molecule has 1 aliphatic rings. The minimum atomic E-state index is -0.429. The summed E-state index contributed by atoms with van der Waals surface area (Å²) in [5.74, 6) is 0.326. The molecule has 1 saturated heterocycles. The topological polar surface area (TPSA) is 75.8 Å². The molecule has 0 spiro atoms. The summed E-state index contributed by atoms with van der Waals surface area (Å²) in [5, 5.41) is 20.2. The zero-order valence-corrected chi connectivity index (χ0v) is 11.4. The quantitative estimate of drug-likeness (QED) is 0.488. The van der Waals surface area contributed by atoms with E-state index in [1.807, 2.05) is 0 Å². The lowest BCUT2D eigenvalue weighted by atomic mass is 10.1. The van der Waals surface area contributed by atoms with Crippen LogP contribution in [0.5, 0.6) is 5.75 Å². The molecule has 0 saturated carbocycles. The van der Waals surface area contributed by atoms with Gasteiger partial charge in [0, 0.05) is 25.7 Å². The van der Waals surface area contributed by atoms with Crippen LogP contribution in [0.25, 0.3) is 0 Å². The normalized spacial score (nSPS) is 17.1. The van der Waals surface area contributed by atoms with Crippen LogP contribution < -0.4 is 4.74 Å². The predicted octanol–water partition coefficient (Wildman–Crippen LogP) is 1.82. The van der Waals surface area contributed by atoms with E-state index in [0.29, 0.717) is 12.4 Å². The summed E-state index contributed by atoms with van der Waals surface area (Å²) in [5.41, 5.74) is 0.00796. The van der Waals surface area contributed by atoms with E-state index in [1.54, 1.807) is 18.2 Å². The van der Waals surface area contributed by atoms with Gasteiger partial charge in [-0.3, -0.25) is 10.1 Å². The summed E-state index contributed by atoms with van der Waals surface area (Å²) < 4.78 is 5.49. The Morgan fingerprint density at radius 1 is 1.35 bits per heavy atom. The summed E-state index contributed by atoms with van der Waals surface area (Å²) in [6.45, 7) is 3.18. The van der Waals surface area contributed by atoms with Gasteiger partial charge in [-0.05, 0) is 25.3 Å². The molecular formula is C14H20N2O4. The zero-order valence-electron chi connectivity index (χ0n) is 11.4. The Bertz CT molecular complexity index is 445. The SMILES string of the molecule is O=[N+]([O-])c1ccccc1OCCCN1CCC(O)CC1. The molecule has 6 heteroatoms. The second kappa shape index (κ2) is 7.21. The first-order valence-electron chi connectivity index (χ1n) is 6.93. The molecule has 2 rings (SSSR count). The van der Waals surface area contributed by atoms with Gasteiger partial charge < -0.3 is 14.7 Å². The third kappa shape index (κ3) is 4.18. The van der Waals surface area contributed by atoms with Crippen LogP contribution in [-0.2, 0) is 0 Å². The van der Waals surface area contributed by atoms with E-state index < -0.39 is 4.92 Å². The predicted molar refractivity (Wildman–Crippen MR) is 74.9 cm³/mol. The van der Waals surface area contributed by atoms with Gasteiger partial charge in [0.1, 0.15) is 0 Å². The van der Waals surface area contributed by atoms with Gasteiger partial charge >= 0.3 is 5.69 Å². The number of para-hydroxylation sites is 2. The van der Waals surface area contributed by atoms with E-state index in [-0.39, 0.29) is 11.8 Å². The Hall–Kier alpha value is -1.66. The van der Waals surface area contributed by atoms with E-state index in [1.165, 1.54) is 6.07 Å². The minimum Gasteiger partial charge on any atom is -0.487 e. The number of hydrogen-bond donors (Lipinski definition) is 1. The highest BCUT2D eigenvalue weighted by atomic mass is 16.6. The van der Waals surface area contributed by atoms with Gasteiger partial charge in [-0.15, -0.1) is 0 Å². The monoisotopic (exact) mass is 280 g/mol. The summed E-state index contributed by atoms with van der Waals surface area (Å²) in [6.07, 6.45) is 2.31. The number of benzene rings is 1. The molecule has 0 aliphatic carbocycles. The van der Waals surface area contributed by atoms with Crippen molar-refractivity contribution in [2.75, 3.05) is 26.2 Å². The number of nitro benzene ring substituents is 1. The summed E-state index contributed by atoms with van der Waals surface area (Å²) in [4.78, 5) is 12.7. The van der Waals surface area contributed by atoms with E-state index in [2.05, 4.69) is 4.90 Å². The lowest BCUT2D eigenvalue weighted by Crippen LogP contribution is -2.36. The van der Waals surface area contributed by atoms with Crippen molar-refractivity contribution >= 4 is 5.69 Å². The summed E-state index contributed by atoms with van der Waals surface area (Å²) in [6, 6.07) is 6.43. The highest BCUT2D eigenvalue weighted by Crippen LogP contribution is 2.25. The van der Waals surface area contributed by atoms with Crippen LogP contribution in [0.15, 0.2) is 24.3 Å². The Morgan fingerprint density at radius 3 is 2.75 bits per heavy atom. The van der Waals surface area contributed by atoms with Crippen LogP contribution in [-0.4, -0.2) is 47.3 Å². The molecule has 0 aromatic heterocycles. The largest absolute Gasteiger partial charge is 0.487 e. The first-order chi connectivity index (χ1) is 9.66. The lowest BCUT2D eigenvalue weighted by Gasteiger charge is -2.29. The summed E-state index contributed by atoms with van der Waals surface area (Å²) >= 11 is 0. The van der Waals surface area contributed by atoms with E-state index in [0.717, 1.165) is 38.9 Å². The number of ether oxygens (including phenoxy) is 1. The lowest BCUT2D eigenvalue weighted by molar-refractivity contribution is -0.385. The fourth-order valence-corrected chi connectivity index (χ4v) is 2.34. The number of nitro groups is 1. The molecular weight excluding hydrogens is 260 g/mol. The second-order valence-electron chi connectivity index (χ2n) is 5.00. The Morgan fingerprint density at radius 2 is 2.05 bits per heavy atom. The summed E-state index contributed by atoms with van der Waals surface area (Å²) in [7, 11) is 0. The van der Waals surface area contributed by atoms with E-state index in [4.69, 9.17) is 4.74 Å². The van der Waals surface area contributed by atoms with Gasteiger partial charge in [0.15, 0.2) is 5.75 Å². The van der Waals surface area contributed by atoms with Crippen molar-refractivity contribution in [2.24, 2.45) is 0 Å². The third-order valence-corrected chi connectivity index (χ3v) is 3.50. The molecule has 0 amide bonds. The smallest absolute Gasteiger partial charge is 0.310 e. The number of hydrogen-bond acceptors (Lipinski definition) is 5. The fourth-order valence-electron chi connectivity index (χ4n) is 2.34. The molecule has 6 nitrogen and oxygen atoms in total. The molecule has 0 atom stereocenters. The van der Waals surface area contributed by atoms with Crippen LogP contribution >= 0.6 is 0 Å². The molecule has 1 N–H and O–H groups in total. The fraction of sp³-hybridized carbons (Fsp3) is 0.571. The molecule has 1 aromatic carbocycles. The zero-order chi connectivity index (χ0) is 14.4. The van der Waals surface area contributed by atoms with Crippen LogP contribution in [0.2, 0.25) is 0 Å². The van der Waals surface area contributed by atoms with Crippen molar-refractivity contribution < 1.29 is 14.8 Å². The Labute approximate surface area is 118 Å². The average Bonchev–Trinajstić information content (AvgIpc) is 2.46. The maximum atomic E-state index is 10.8. The number of aliphatic hydroxyl groups is 1. The van der Waals surface area contributed by atoms with Crippen LogP contribution in [0.4, 0.5) is 5.69 Å². The van der Waals surface area contributed by atoms with E-state index >= 15 is 0 Å². The van der Waals surface area contributed by atoms with Crippen molar-refractivity contribution in [3.05, 3.63) is 34.4 Å². The number of nitrogens with zero attached hydrogens (tertiary/aromatic N) is 2. The highest BCUT2D eigenvalue weighted by molar-refractivity contribution is 5.45. The molecule has 0 radical (unpaired) electrons. The first kappa shape index (κ1) is 14.7. The van der Waals surface area contributed by atoms with Crippen LogP contribution in [0.1, 0.15) is 19.3 Å². The minimum absolute atomic E-state index is 0.00796. The maximum absolute atomic E-state index is 10.8. The van der Waals surface area contributed by atoms with Crippen molar-refractivity contribution in [3.8, 4) is 5.75 Å². The number of likely N-dealkylation sites (tertiary alicyclic amines) is 1. The van der Waals surface area contributed by atoms with Gasteiger partial charge in [-0.1, -0.05) is 12.1 Å². The van der Waals surface area contributed by atoms with Gasteiger partial charge in [-0.25, -0.2) is 0 Å². The molecule has 1 aromatic rings. The first-order valence-corrected chi connectivity index (χ1v) is 6.93. The second-order valence-corrected chi connectivity index (χ2v) is 5.00. The maximum Gasteiger partial charge on any atom is 0.310 e. The molecule has 0 bridgehead atoms. The molecule has 1 aliphatic heterocycles. The molecule has 0 unspecified atom stereocenters. The molecule has 20 heavy (non-hydrogen) atoms. The highest BCUT2D eigenvalue weighted by Gasteiger charge is 2.17. The molecule has 1 heterocycles. The third-order valence-electron chi connectivity index (χ3n) is 3.50. The van der Waals surface area contributed by atoms with Gasteiger partial charge in [0.25, 0.3) is 0 Å². The number of piperidine rings is 1. The van der Waals surface area contributed by atoms with Crippen molar-refractivity contribution in [3.63, 3.8) is 0 Å². The molecule has 1 fully saturated rings. The van der Waals surface area contributed by atoms with Crippen molar-refractivity contribution in [1.29, 1.82) is 0 Å². The number of rotatable bonds is 6. The van der Waals surface area contributed by atoms with Gasteiger partial charge in [0.2, 0.25) is 0 Å². The van der Waals surface area contributed by atoms with Gasteiger partial charge in [-0.2, -0.15) is 0 Å². The Balaban J connectivity index is 1.72. The van der Waals surface area contributed by atoms with E-state index in [9.17, 15) is 15.2 Å². The standard InChI is InChI=1S/C14H20N2O4/c17-12-6-9-15(10-7-12)8-3-11-20-14-5-2-1-4-13(14)16(18)19/h1-2,4-5,12,17H,3,6-11H2. The van der Waals surface area contributed by atoms with Crippen LogP contribution in [0, 0.1) is 10.1 Å². The van der Waals surface area contributed by atoms with Crippen molar-refractivity contribution in [2.45, 2.75) is 25.4 Å². The average molecular weight is 280 g/mol. The van der Waals surface area contributed by atoms with Crippen molar-refractivity contribution in [1.82, 2.24) is 4.90 Å².